The number of fused-ring (bicyclic) bond motifs is 1. The molecular weight excluding hydrogens is 588 g/mol. The van der Waals surface area contributed by atoms with E-state index in [9.17, 15) is 33.6 Å². The third-order valence-electron chi connectivity index (χ3n) is 6.27. The highest BCUT2D eigenvalue weighted by atomic mass is 33.1. The molecule has 0 aromatic heterocycles. The summed E-state index contributed by atoms with van der Waals surface area (Å²) in [4.78, 5) is 88.0. The number of imide groups is 2. The number of carbonyl (C=O) groups is 7. The molecular formula is C27H26N4O9S2. The van der Waals surface area contributed by atoms with Crippen LogP contribution in [0.15, 0.2) is 48.5 Å². The average Bonchev–Trinajstić information content (AvgIpc) is 3.20. The van der Waals surface area contributed by atoms with Gasteiger partial charge in [-0.05, 0) is 24.1 Å². The van der Waals surface area contributed by atoms with Gasteiger partial charge in [0.25, 0.3) is 11.8 Å². The highest BCUT2D eigenvalue weighted by molar-refractivity contribution is 8.76. The van der Waals surface area contributed by atoms with E-state index < -0.39 is 48.3 Å². The van der Waals surface area contributed by atoms with Crippen LogP contribution in [0.2, 0.25) is 0 Å². The summed E-state index contributed by atoms with van der Waals surface area (Å²) in [6.45, 7) is -0.293. The third kappa shape index (κ3) is 7.47. The first-order valence-corrected chi connectivity index (χ1v) is 15.2. The molecule has 2 aromatic rings. The highest BCUT2D eigenvalue weighted by Crippen LogP contribution is 2.32. The molecule has 1 unspecified atom stereocenters. The van der Waals surface area contributed by atoms with Crippen molar-refractivity contribution >= 4 is 68.9 Å². The maximum Gasteiger partial charge on any atom is 0.411 e. The molecule has 6 amide bonds. The number of hydrogen-bond donors (Lipinski definition) is 3. The molecule has 1 atom stereocenters. The van der Waals surface area contributed by atoms with Crippen molar-refractivity contribution in [3.8, 4) is 0 Å². The van der Waals surface area contributed by atoms with Gasteiger partial charge in [0.05, 0.1) is 22.6 Å². The van der Waals surface area contributed by atoms with E-state index in [1.54, 1.807) is 24.3 Å². The Kier molecular flexibility index (Phi) is 10.2. The lowest BCUT2D eigenvalue weighted by Crippen LogP contribution is -2.54. The molecule has 0 saturated carbocycles. The number of ether oxygens (including phenoxy) is 1. The molecule has 0 aliphatic carbocycles. The van der Waals surface area contributed by atoms with Gasteiger partial charge in [-0.1, -0.05) is 58.0 Å². The van der Waals surface area contributed by atoms with Gasteiger partial charge in [0.1, 0.15) is 19.2 Å². The third-order valence-corrected chi connectivity index (χ3v) is 8.48. The van der Waals surface area contributed by atoms with E-state index in [0.29, 0.717) is 5.75 Å². The first-order valence-electron chi connectivity index (χ1n) is 12.7. The Balaban J connectivity index is 1.23. The summed E-state index contributed by atoms with van der Waals surface area (Å²) in [6, 6.07) is 12.2. The van der Waals surface area contributed by atoms with Crippen molar-refractivity contribution in [2.75, 3.05) is 30.0 Å². The van der Waals surface area contributed by atoms with Crippen LogP contribution in [0.25, 0.3) is 0 Å². The summed E-state index contributed by atoms with van der Waals surface area (Å²) in [6.07, 6.45) is -0.882. The maximum absolute atomic E-state index is 13.1. The molecule has 2 aliphatic rings. The van der Waals surface area contributed by atoms with Crippen molar-refractivity contribution in [3.63, 3.8) is 0 Å². The van der Waals surface area contributed by atoms with Crippen LogP contribution in [0.4, 0.5) is 10.5 Å². The highest BCUT2D eigenvalue weighted by Gasteiger charge is 2.45. The summed E-state index contributed by atoms with van der Waals surface area (Å²) in [7, 11) is 2.45. The lowest BCUT2D eigenvalue weighted by atomic mass is 10.0. The van der Waals surface area contributed by atoms with Crippen LogP contribution in [0.1, 0.15) is 39.1 Å². The van der Waals surface area contributed by atoms with E-state index in [0.717, 1.165) is 10.5 Å². The molecule has 0 radical (unpaired) electrons. The first kappa shape index (κ1) is 30.6. The standard InChI is InChI=1S/C27H26N4O9S2/c32-20-10-9-19(24(36)29-20)31-25(37)17-7-4-8-18(23(17)26(31)38)28-27(39)40-11-12-41-42-15-21(33)30(14-22(34)35)13-16-5-2-1-3-6-16/h1-8,19H,9-15H2,(H,28,39)(H,34,35)(H,29,32,36). The zero-order chi connectivity index (χ0) is 30.2. The minimum atomic E-state index is -1.13. The Morgan fingerprint density at radius 3 is 2.50 bits per heavy atom. The van der Waals surface area contributed by atoms with Gasteiger partial charge in [-0.15, -0.1) is 0 Å². The molecule has 15 heteroatoms. The number of carboxylic acids is 1. The number of anilines is 1. The molecule has 0 bridgehead atoms. The molecule has 2 aliphatic heterocycles. The Morgan fingerprint density at radius 2 is 1.79 bits per heavy atom. The number of benzene rings is 2. The predicted octanol–water partition coefficient (Wildman–Crippen LogP) is 2.13. The molecule has 3 N–H and O–H groups in total. The minimum Gasteiger partial charge on any atom is -0.480 e. The smallest absolute Gasteiger partial charge is 0.411 e. The Morgan fingerprint density at radius 1 is 1.02 bits per heavy atom. The minimum absolute atomic E-state index is 0.00678. The topological polar surface area (TPSA) is 179 Å². The van der Waals surface area contributed by atoms with E-state index >= 15 is 0 Å². The van der Waals surface area contributed by atoms with Gasteiger partial charge < -0.3 is 14.7 Å². The van der Waals surface area contributed by atoms with Crippen molar-refractivity contribution in [1.82, 2.24) is 15.1 Å². The monoisotopic (exact) mass is 614 g/mol. The molecule has 4 rings (SSSR count). The lowest BCUT2D eigenvalue weighted by molar-refractivity contribution is -0.143. The van der Waals surface area contributed by atoms with Crippen LogP contribution in [0, 0.1) is 0 Å². The molecule has 0 spiro atoms. The second kappa shape index (κ2) is 14.0. The van der Waals surface area contributed by atoms with Gasteiger partial charge in [0.2, 0.25) is 17.7 Å². The molecule has 220 valence electrons. The van der Waals surface area contributed by atoms with Crippen molar-refractivity contribution < 1.29 is 43.4 Å². The van der Waals surface area contributed by atoms with Gasteiger partial charge in [-0.3, -0.25) is 44.3 Å². The first-order chi connectivity index (χ1) is 20.2. The second-order valence-corrected chi connectivity index (χ2v) is 11.7. The number of piperidine rings is 1. The largest absolute Gasteiger partial charge is 0.480 e. The Hall–Kier alpha value is -4.37. The summed E-state index contributed by atoms with van der Waals surface area (Å²) in [5, 5.41) is 13.7. The fourth-order valence-electron chi connectivity index (χ4n) is 4.38. The Labute approximate surface area is 247 Å². The number of nitrogens with zero attached hydrogens (tertiary/aromatic N) is 2. The quantitative estimate of drug-likeness (QED) is 0.181. The zero-order valence-corrected chi connectivity index (χ0v) is 23.7. The Bertz CT molecular complexity index is 1420. The zero-order valence-electron chi connectivity index (χ0n) is 22.1. The van der Waals surface area contributed by atoms with Crippen LogP contribution >= 0.6 is 21.6 Å². The van der Waals surface area contributed by atoms with Crippen LogP contribution in [0.5, 0.6) is 0 Å². The lowest BCUT2D eigenvalue weighted by Gasteiger charge is -2.27. The maximum atomic E-state index is 13.1. The van der Waals surface area contributed by atoms with Crippen LogP contribution in [-0.2, 0) is 30.5 Å². The van der Waals surface area contributed by atoms with Gasteiger partial charge in [0, 0.05) is 18.7 Å². The van der Waals surface area contributed by atoms with Gasteiger partial charge >= 0.3 is 12.1 Å². The van der Waals surface area contributed by atoms with Crippen molar-refractivity contribution in [3.05, 3.63) is 65.2 Å². The van der Waals surface area contributed by atoms with Gasteiger partial charge in [-0.25, -0.2) is 4.79 Å². The van der Waals surface area contributed by atoms with Crippen LogP contribution in [-0.4, -0.2) is 87.2 Å². The van der Waals surface area contributed by atoms with Crippen molar-refractivity contribution in [2.24, 2.45) is 0 Å². The van der Waals surface area contributed by atoms with Crippen LogP contribution < -0.4 is 10.6 Å². The molecule has 2 aromatic carbocycles. The van der Waals surface area contributed by atoms with E-state index in [1.807, 2.05) is 6.07 Å². The number of aliphatic carboxylic acids is 1. The molecule has 1 fully saturated rings. The van der Waals surface area contributed by atoms with E-state index in [-0.39, 0.29) is 54.5 Å². The van der Waals surface area contributed by atoms with Crippen molar-refractivity contribution in [2.45, 2.75) is 25.4 Å². The van der Waals surface area contributed by atoms with Crippen LogP contribution in [0.3, 0.4) is 0 Å². The number of rotatable bonds is 12. The molecule has 13 nitrogen and oxygen atoms in total. The summed E-state index contributed by atoms with van der Waals surface area (Å²) >= 11 is 0. The second-order valence-electron chi connectivity index (χ2n) is 9.15. The van der Waals surface area contributed by atoms with Crippen molar-refractivity contribution in [1.29, 1.82) is 0 Å². The molecule has 42 heavy (non-hydrogen) atoms. The predicted molar refractivity (Wildman–Crippen MR) is 152 cm³/mol. The summed E-state index contributed by atoms with van der Waals surface area (Å²) in [5.74, 6) is -3.81. The van der Waals surface area contributed by atoms with Gasteiger partial charge in [0.15, 0.2) is 0 Å². The molecule has 2 heterocycles. The average molecular weight is 615 g/mol. The SMILES string of the molecule is O=C(O)CN(Cc1ccccc1)C(=O)CSSCCOC(=O)Nc1cccc2c1C(=O)N(C1CCC(=O)NC1=O)C2=O. The fourth-order valence-corrected chi connectivity index (χ4v) is 6.12. The summed E-state index contributed by atoms with van der Waals surface area (Å²) in [5.41, 5.74) is 0.788. The number of hydrogen-bond acceptors (Lipinski definition) is 10. The summed E-state index contributed by atoms with van der Waals surface area (Å²) < 4.78 is 5.16. The number of carboxylic acid groups (broad SMARTS) is 1. The van der Waals surface area contributed by atoms with Gasteiger partial charge in [-0.2, -0.15) is 0 Å². The normalized spacial score (nSPS) is 16.1. The number of nitrogens with one attached hydrogen (secondary N) is 2. The number of amides is 6. The van der Waals surface area contributed by atoms with E-state index in [1.165, 1.54) is 44.7 Å². The molecule has 1 saturated heterocycles. The number of carbonyl (C=O) groups excluding carboxylic acids is 6. The van der Waals surface area contributed by atoms with E-state index in [4.69, 9.17) is 9.84 Å². The van der Waals surface area contributed by atoms with E-state index in [2.05, 4.69) is 10.6 Å². The fraction of sp³-hybridized carbons (Fsp3) is 0.296.